The van der Waals surface area contributed by atoms with Gasteiger partial charge in [-0.05, 0) is 71.5 Å². The van der Waals surface area contributed by atoms with E-state index in [4.69, 9.17) is 9.53 Å². The molecular weight excluding hydrogens is 428 g/mol. The molecule has 6 nitrogen and oxygen atoms in total. The second kappa shape index (κ2) is 10.4. The van der Waals surface area contributed by atoms with Crippen molar-refractivity contribution in [3.8, 4) is 17.2 Å². The molecule has 0 aliphatic carbocycles. The first-order valence-corrected chi connectivity index (χ1v) is 10.8. The van der Waals surface area contributed by atoms with Gasteiger partial charge in [0.25, 0.3) is 5.91 Å². The second-order valence-electron chi connectivity index (χ2n) is 7.86. The number of para-hydroxylation sites is 1. The molecule has 4 aromatic rings. The number of nitrogens with one attached hydrogen (secondary N) is 1. The van der Waals surface area contributed by atoms with Crippen LogP contribution in [0.15, 0.2) is 91.0 Å². The maximum atomic E-state index is 12.6. The molecule has 5 rings (SSSR count). The lowest BCUT2D eigenvalue weighted by Crippen LogP contribution is -2.10. The Balaban J connectivity index is 0.000000868. The van der Waals surface area contributed by atoms with E-state index in [0.29, 0.717) is 22.7 Å². The van der Waals surface area contributed by atoms with Crippen LogP contribution in [0.2, 0.25) is 0 Å². The Hall–Kier alpha value is -4.58. The molecule has 170 valence electrons. The molecule has 1 aliphatic heterocycles. The Morgan fingerprint density at radius 3 is 2.09 bits per heavy atom. The summed E-state index contributed by atoms with van der Waals surface area (Å²) in [6, 6.07) is 28.9. The van der Waals surface area contributed by atoms with Crippen LogP contribution in [0.5, 0.6) is 17.2 Å². The second-order valence-corrected chi connectivity index (χ2v) is 7.86. The fourth-order valence-corrected chi connectivity index (χ4v) is 3.91. The Bertz CT molecular complexity index is 1330. The molecule has 1 heterocycles. The number of benzene rings is 4. The fourth-order valence-electron chi connectivity index (χ4n) is 3.91. The monoisotopic (exact) mass is 452 g/mol. The van der Waals surface area contributed by atoms with Crippen LogP contribution in [0.3, 0.4) is 0 Å². The van der Waals surface area contributed by atoms with Gasteiger partial charge in [-0.1, -0.05) is 54.6 Å². The number of phenols is 1. The maximum Gasteiger partial charge on any atom is 0.259 e. The van der Waals surface area contributed by atoms with E-state index in [-0.39, 0.29) is 18.1 Å². The van der Waals surface area contributed by atoms with Gasteiger partial charge in [0, 0.05) is 0 Å². The first-order chi connectivity index (χ1) is 16.6. The molecule has 0 saturated carbocycles. The summed E-state index contributed by atoms with van der Waals surface area (Å²) in [6.07, 6.45) is 1.75. The number of anilines is 1. The maximum absolute atomic E-state index is 12.6. The number of carbonyl (C=O) groups excluding carboxylic acids is 2. The van der Waals surface area contributed by atoms with E-state index >= 15 is 0 Å². The fraction of sp³-hybridized carbons (Fsp3) is 0.0714. The molecule has 0 aromatic heterocycles. The smallest absolute Gasteiger partial charge is 0.259 e. The molecule has 1 aliphatic rings. The van der Waals surface area contributed by atoms with Gasteiger partial charge < -0.3 is 20.9 Å². The Kier molecular flexibility index (Phi) is 6.89. The number of nitrogens with two attached hydrogens (primary N) is 1. The van der Waals surface area contributed by atoms with Gasteiger partial charge in [0.05, 0.1) is 11.3 Å². The predicted octanol–water partition coefficient (Wildman–Crippen LogP) is 5.03. The summed E-state index contributed by atoms with van der Waals surface area (Å²) in [7, 11) is 0. The third kappa shape index (κ3) is 5.42. The van der Waals surface area contributed by atoms with Gasteiger partial charge in [-0.3, -0.25) is 9.59 Å². The van der Waals surface area contributed by atoms with E-state index in [1.54, 1.807) is 24.3 Å². The van der Waals surface area contributed by atoms with Crippen molar-refractivity contribution < 1.29 is 19.4 Å². The molecule has 34 heavy (non-hydrogen) atoms. The summed E-state index contributed by atoms with van der Waals surface area (Å²) < 4.78 is 5.97. The number of ether oxygens (including phenoxy) is 1. The third-order valence-corrected chi connectivity index (χ3v) is 5.36. The number of amides is 2. The van der Waals surface area contributed by atoms with Crippen LogP contribution in [-0.2, 0) is 17.6 Å². The quantitative estimate of drug-likeness (QED) is 0.378. The van der Waals surface area contributed by atoms with Crippen molar-refractivity contribution in [2.24, 2.45) is 5.73 Å². The zero-order chi connectivity index (χ0) is 23.9. The predicted molar refractivity (Wildman–Crippen MR) is 131 cm³/mol. The van der Waals surface area contributed by atoms with Crippen molar-refractivity contribution >= 4 is 18.0 Å². The molecule has 0 fully saturated rings. The molecular formula is C28H24N2O4. The van der Waals surface area contributed by atoms with Gasteiger partial charge in [-0.25, -0.2) is 0 Å². The van der Waals surface area contributed by atoms with Crippen molar-refractivity contribution in [2.75, 3.05) is 5.32 Å². The highest BCUT2D eigenvalue weighted by atomic mass is 16.5. The number of aromatic hydroxyl groups is 1. The minimum Gasteiger partial charge on any atom is -0.508 e. The number of fused-ring (bicyclic) bond motifs is 2. The summed E-state index contributed by atoms with van der Waals surface area (Å²) in [5.41, 5.74) is 9.89. The standard InChI is InChI=1S/C27H21NO3.CH3NO/c29-22-8-4-7-20(16-22)14-18-5-3-6-19(13-18)15-21-11-12-26-24(17-21)28-27(30)23-9-1-2-10-25(23)31-26;2-1-3/h1-13,16-17,29H,14-15H2,(H,28,30);1H,(H2,2,3). The van der Waals surface area contributed by atoms with Gasteiger partial charge >= 0.3 is 0 Å². The highest BCUT2D eigenvalue weighted by Crippen LogP contribution is 2.36. The average Bonchev–Trinajstić information content (AvgIpc) is 2.95. The third-order valence-electron chi connectivity index (χ3n) is 5.36. The summed E-state index contributed by atoms with van der Waals surface area (Å²) in [5, 5.41) is 12.7. The molecule has 0 spiro atoms. The van der Waals surface area contributed by atoms with Crippen molar-refractivity contribution in [2.45, 2.75) is 12.8 Å². The van der Waals surface area contributed by atoms with E-state index < -0.39 is 0 Å². The molecule has 0 saturated heterocycles. The van der Waals surface area contributed by atoms with E-state index in [9.17, 15) is 9.90 Å². The topological polar surface area (TPSA) is 102 Å². The minimum absolute atomic E-state index is 0.167. The zero-order valence-corrected chi connectivity index (χ0v) is 18.4. The number of hydrogen-bond donors (Lipinski definition) is 3. The van der Waals surface area contributed by atoms with Crippen LogP contribution in [0, 0.1) is 0 Å². The molecule has 0 atom stereocenters. The van der Waals surface area contributed by atoms with Gasteiger partial charge in [0.1, 0.15) is 11.5 Å². The highest BCUT2D eigenvalue weighted by Gasteiger charge is 2.20. The van der Waals surface area contributed by atoms with Gasteiger partial charge in [-0.2, -0.15) is 0 Å². The van der Waals surface area contributed by atoms with Crippen molar-refractivity contribution in [3.05, 3.63) is 119 Å². The molecule has 4 aromatic carbocycles. The van der Waals surface area contributed by atoms with Crippen molar-refractivity contribution in [3.63, 3.8) is 0 Å². The number of primary amides is 1. The molecule has 0 radical (unpaired) electrons. The summed E-state index contributed by atoms with van der Waals surface area (Å²) in [6.45, 7) is 0. The number of hydrogen-bond acceptors (Lipinski definition) is 4. The number of carbonyl (C=O) groups is 2. The van der Waals surface area contributed by atoms with E-state index in [1.165, 1.54) is 11.1 Å². The van der Waals surface area contributed by atoms with Crippen LogP contribution >= 0.6 is 0 Å². The lowest BCUT2D eigenvalue weighted by atomic mass is 9.99. The lowest BCUT2D eigenvalue weighted by Gasteiger charge is -2.11. The van der Waals surface area contributed by atoms with Gasteiger partial charge in [0.15, 0.2) is 5.75 Å². The summed E-state index contributed by atoms with van der Waals surface area (Å²) in [4.78, 5) is 21.2. The molecule has 0 unspecified atom stereocenters. The number of phenolic OH excluding ortho intramolecular Hbond substituents is 1. The van der Waals surface area contributed by atoms with Crippen LogP contribution in [0.1, 0.15) is 32.6 Å². The molecule has 6 heteroatoms. The minimum atomic E-state index is -0.167. The van der Waals surface area contributed by atoms with Crippen molar-refractivity contribution in [1.82, 2.24) is 0 Å². The van der Waals surface area contributed by atoms with Gasteiger partial charge in [-0.15, -0.1) is 0 Å². The van der Waals surface area contributed by atoms with E-state index in [2.05, 4.69) is 35.3 Å². The Labute approximate surface area is 197 Å². The van der Waals surface area contributed by atoms with Gasteiger partial charge in [0.2, 0.25) is 6.41 Å². The van der Waals surface area contributed by atoms with Crippen LogP contribution in [0.4, 0.5) is 5.69 Å². The van der Waals surface area contributed by atoms with Crippen LogP contribution in [-0.4, -0.2) is 17.4 Å². The normalized spacial score (nSPS) is 11.5. The highest BCUT2D eigenvalue weighted by molar-refractivity contribution is 6.08. The summed E-state index contributed by atoms with van der Waals surface area (Å²) in [5.74, 6) is 1.32. The van der Waals surface area contributed by atoms with E-state index in [1.807, 2.05) is 42.5 Å². The molecule has 2 amide bonds. The largest absolute Gasteiger partial charge is 0.508 e. The first kappa shape index (κ1) is 22.6. The van der Waals surface area contributed by atoms with E-state index in [0.717, 1.165) is 24.0 Å². The van der Waals surface area contributed by atoms with Crippen LogP contribution in [0.25, 0.3) is 0 Å². The van der Waals surface area contributed by atoms with Crippen molar-refractivity contribution in [1.29, 1.82) is 0 Å². The Morgan fingerprint density at radius 1 is 0.765 bits per heavy atom. The first-order valence-electron chi connectivity index (χ1n) is 10.8. The molecule has 4 N–H and O–H groups in total. The van der Waals surface area contributed by atoms with Crippen LogP contribution < -0.4 is 15.8 Å². The summed E-state index contributed by atoms with van der Waals surface area (Å²) >= 11 is 0. The Morgan fingerprint density at radius 2 is 1.38 bits per heavy atom. The average molecular weight is 453 g/mol. The molecule has 0 bridgehead atoms. The SMILES string of the molecule is NC=O.O=C1Nc2cc(Cc3cccc(Cc4cccc(O)c4)c3)ccc2Oc2ccccc21. The number of rotatable bonds is 4. The lowest BCUT2D eigenvalue weighted by molar-refractivity contribution is -0.106. The zero-order valence-electron chi connectivity index (χ0n) is 18.4.